The second-order valence-corrected chi connectivity index (χ2v) is 9.49. The Labute approximate surface area is 187 Å². The second kappa shape index (κ2) is 8.74. The molecule has 1 aliphatic heterocycles. The summed E-state index contributed by atoms with van der Waals surface area (Å²) in [5.41, 5.74) is -2.73. The lowest BCUT2D eigenvalue weighted by atomic mass is 10.00. The van der Waals surface area contributed by atoms with Crippen molar-refractivity contribution in [2.75, 3.05) is 10.7 Å². The first-order valence-corrected chi connectivity index (χ1v) is 11.2. The molecule has 2 aromatic rings. The number of aromatic nitrogens is 2. The molecule has 34 heavy (non-hydrogen) atoms. The zero-order valence-electron chi connectivity index (χ0n) is 17.1. The molecule has 186 valence electrons. The summed E-state index contributed by atoms with van der Waals surface area (Å²) in [6.07, 6.45) is -12.7. The van der Waals surface area contributed by atoms with Gasteiger partial charge in [-0.15, -0.1) is 0 Å². The molecule has 2 aromatic heterocycles. The molecule has 1 aliphatic rings. The number of carbonyl (C=O) groups excluding carboxylic acids is 1. The van der Waals surface area contributed by atoms with Crippen LogP contribution < -0.4 is 4.90 Å². The Morgan fingerprint density at radius 2 is 1.68 bits per heavy atom. The normalized spacial score (nSPS) is 16.1. The van der Waals surface area contributed by atoms with Crippen molar-refractivity contribution in [2.45, 2.75) is 49.5 Å². The smallest absolute Gasteiger partial charge is 0.274 e. The third-order valence-corrected chi connectivity index (χ3v) is 6.82. The van der Waals surface area contributed by atoms with E-state index in [-0.39, 0.29) is 22.6 Å². The molecule has 0 N–H and O–H groups in total. The van der Waals surface area contributed by atoms with Crippen LogP contribution in [0.5, 0.6) is 0 Å². The summed E-state index contributed by atoms with van der Waals surface area (Å²) in [7, 11) is -4.25. The molecule has 0 saturated carbocycles. The molecule has 1 unspecified atom stereocenters. The Bertz CT molecular complexity index is 1220. The first-order chi connectivity index (χ1) is 15.6. The highest BCUT2D eigenvalue weighted by molar-refractivity contribution is 7.91. The number of nitrogens with zero attached hydrogens (tertiary/aromatic N) is 3. The number of rotatable bonds is 6. The van der Waals surface area contributed by atoms with Crippen molar-refractivity contribution < 1.29 is 48.3 Å². The minimum atomic E-state index is -5.19. The maximum atomic E-state index is 14.3. The molecule has 0 aliphatic carbocycles. The molecule has 0 spiro atoms. The van der Waals surface area contributed by atoms with E-state index in [0.717, 1.165) is 6.07 Å². The topological polar surface area (TPSA) is 80.2 Å². The fraction of sp³-hybridized carbons (Fsp3) is 0.421. The Kier molecular flexibility index (Phi) is 6.63. The van der Waals surface area contributed by atoms with Gasteiger partial charge in [-0.1, -0.05) is 6.92 Å². The van der Waals surface area contributed by atoms with Gasteiger partial charge in [-0.2, -0.15) is 22.0 Å². The molecule has 1 amide bonds. The maximum Gasteiger partial charge on any atom is 0.417 e. The van der Waals surface area contributed by atoms with Crippen molar-refractivity contribution in [1.29, 1.82) is 0 Å². The first-order valence-electron chi connectivity index (χ1n) is 9.52. The standard InChI is InChI=1S/C19H15F8N3O3S/c1-2-34(32,33)13-6-10(19(25,26)27)7-29-15(13)11-5-9-3-4-14(31)30(12(9)8-28-11)17(22)18(23,24)16(20)21/h5-8,16-17H,2-4H2,1H3. The van der Waals surface area contributed by atoms with Crippen LogP contribution in [0, 0.1) is 0 Å². The quantitative estimate of drug-likeness (QED) is 0.419. The number of aryl methyl sites for hydroxylation is 1. The minimum absolute atomic E-state index is 0.0427. The van der Waals surface area contributed by atoms with Crippen molar-refractivity contribution in [3.05, 3.63) is 35.7 Å². The largest absolute Gasteiger partial charge is 0.417 e. The number of hydrogen-bond acceptors (Lipinski definition) is 5. The van der Waals surface area contributed by atoms with E-state index in [2.05, 4.69) is 9.97 Å². The number of carbonyl (C=O) groups is 1. The molecule has 3 heterocycles. The average molecular weight is 517 g/mol. The van der Waals surface area contributed by atoms with Gasteiger partial charge in [0, 0.05) is 12.6 Å². The van der Waals surface area contributed by atoms with Crippen LogP contribution in [0.3, 0.4) is 0 Å². The number of anilines is 1. The van der Waals surface area contributed by atoms with Crippen LogP contribution in [0.25, 0.3) is 11.4 Å². The molecule has 1 atom stereocenters. The molecule has 3 rings (SSSR count). The van der Waals surface area contributed by atoms with Crippen molar-refractivity contribution in [2.24, 2.45) is 0 Å². The molecule has 15 heteroatoms. The van der Waals surface area contributed by atoms with E-state index in [4.69, 9.17) is 0 Å². The van der Waals surface area contributed by atoms with Crippen LogP contribution in [-0.4, -0.2) is 48.7 Å². The van der Waals surface area contributed by atoms with Crippen LogP contribution in [0.1, 0.15) is 24.5 Å². The molecule has 0 fully saturated rings. The van der Waals surface area contributed by atoms with E-state index in [1.165, 1.54) is 6.92 Å². The highest BCUT2D eigenvalue weighted by atomic mass is 32.2. The minimum Gasteiger partial charge on any atom is -0.274 e. The lowest BCUT2D eigenvalue weighted by Crippen LogP contribution is -2.53. The van der Waals surface area contributed by atoms with Crippen LogP contribution >= 0.6 is 0 Å². The third kappa shape index (κ3) is 4.57. The second-order valence-electron chi connectivity index (χ2n) is 7.24. The Hall–Kier alpha value is -2.84. The maximum absolute atomic E-state index is 14.3. The monoisotopic (exact) mass is 517 g/mol. The van der Waals surface area contributed by atoms with Gasteiger partial charge in [0.2, 0.25) is 12.2 Å². The van der Waals surface area contributed by atoms with Crippen molar-refractivity contribution >= 4 is 21.4 Å². The van der Waals surface area contributed by atoms with Gasteiger partial charge in [-0.25, -0.2) is 21.6 Å². The first kappa shape index (κ1) is 25.8. The zero-order valence-corrected chi connectivity index (χ0v) is 17.9. The van der Waals surface area contributed by atoms with Gasteiger partial charge in [0.05, 0.1) is 33.8 Å². The SMILES string of the molecule is CCS(=O)(=O)c1cc(C(F)(F)F)cnc1-c1cc2c(cn1)N(C(F)C(F)(F)C(F)F)C(=O)CC2. The van der Waals surface area contributed by atoms with E-state index < -0.39 is 74.6 Å². The number of sulfone groups is 1. The summed E-state index contributed by atoms with van der Waals surface area (Å²) < 4.78 is 131. The van der Waals surface area contributed by atoms with Crippen LogP contribution in [0.15, 0.2) is 29.4 Å². The summed E-state index contributed by atoms with van der Waals surface area (Å²) in [6.45, 7) is 1.19. The van der Waals surface area contributed by atoms with Gasteiger partial charge in [0.15, 0.2) is 9.84 Å². The Morgan fingerprint density at radius 3 is 2.24 bits per heavy atom. The van der Waals surface area contributed by atoms with Crippen LogP contribution in [-0.2, 0) is 27.2 Å². The zero-order chi connectivity index (χ0) is 25.6. The summed E-state index contributed by atoms with van der Waals surface area (Å²) in [5, 5.41) is 0. The summed E-state index contributed by atoms with van der Waals surface area (Å²) in [5.74, 6) is -6.99. The lowest BCUT2D eigenvalue weighted by molar-refractivity contribution is -0.173. The summed E-state index contributed by atoms with van der Waals surface area (Å²) in [4.78, 5) is 18.4. The molecular formula is C19H15F8N3O3S. The number of hydrogen-bond donors (Lipinski definition) is 0. The van der Waals surface area contributed by atoms with E-state index in [1.54, 1.807) is 0 Å². The molecule has 0 saturated heterocycles. The van der Waals surface area contributed by atoms with Crippen molar-refractivity contribution in [3.8, 4) is 11.4 Å². The van der Waals surface area contributed by atoms with Gasteiger partial charge >= 0.3 is 18.5 Å². The molecule has 0 bridgehead atoms. The molecular weight excluding hydrogens is 502 g/mol. The van der Waals surface area contributed by atoms with Gasteiger partial charge in [0.1, 0.15) is 5.69 Å². The van der Waals surface area contributed by atoms with Crippen molar-refractivity contribution in [1.82, 2.24) is 9.97 Å². The van der Waals surface area contributed by atoms with E-state index in [9.17, 15) is 48.3 Å². The van der Waals surface area contributed by atoms with Crippen LogP contribution in [0.2, 0.25) is 0 Å². The highest BCUT2D eigenvalue weighted by Gasteiger charge is 2.54. The molecule has 6 nitrogen and oxygen atoms in total. The van der Waals surface area contributed by atoms with Crippen molar-refractivity contribution in [3.63, 3.8) is 0 Å². The summed E-state index contributed by atoms with van der Waals surface area (Å²) in [6, 6.07) is 1.41. The van der Waals surface area contributed by atoms with Gasteiger partial charge in [0.25, 0.3) is 0 Å². The number of alkyl halides is 8. The average Bonchev–Trinajstić information content (AvgIpc) is 2.77. The lowest BCUT2D eigenvalue weighted by Gasteiger charge is -2.34. The Balaban J connectivity index is 2.15. The number of fused-ring (bicyclic) bond motifs is 1. The fourth-order valence-electron chi connectivity index (χ4n) is 3.24. The van der Waals surface area contributed by atoms with E-state index in [0.29, 0.717) is 18.5 Å². The van der Waals surface area contributed by atoms with Gasteiger partial charge in [-0.05, 0) is 24.1 Å². The van der Waals surface area contributed by atoms with Crippen LogP contribution in [0.4, 0.5) is 40.8 Å². The van der Waals surface area contributed by atoms with Gasteiger partial charge in [-0.3, -0.25) is 19.7 Å². The molecule has 0 radical (unpaired) electrons. The number of amides is 1. The summed E-state index contributed by atoms with van der Waals surface area (Å²) >= 11 is 0. The predicted octanol–water partition coefficient (Wildman–Crippen LogP) is 4.43. The Morgan fingerprint density at radius 1 is 1.03 bits per heavy atom. The number of halogens is 8. The fourth-order valence-corrected chi connectivity index (χ4v) is 4.31. The van der Waals surface area contributed by atoms with E-state index in [1.807, 2.05) is 0 Å². The predicted molar refractivity (Wildman–Crippen MR) is 102 cm³/mol. The van der Waals surface area contributed by atoms with Gasteiger partial charge < -0.3 is 0 Å². The third-order valence-electron chi connectivity index (χ3n) is 5.08. The van der Waals surface area contributed by atoms with E-state index >= 15 is 0 Å². The molecule has 0 aromatic carbocycles. The number of pyridine rings is 2. The highest BCUT2D eigenvalue weighted by Crippen LogP contribution is 2.39.